The van der Waals surface area contributed by atoms with Gasteiger partial charge in [0.2, 0.25) is 11.8 Å². The van der Waals surface area contributed by atoms with Crippen LogP contribution in [0.5, 0.6) is 5.88 Å². The number of anilines is 1. The highest BCUT2D eigenvalue weighted by Crippen LogP contribution is 2.37. The third-order valence-electron chi connectivity index (χ3n) is 3.52. The van der Waals surface area contributed by atoms with Gasteiger partial charge in [0.05, 0.1) is 7.11 Å². The van der Waals surface area contributed by atoms with Crippen LogP contribution in [0.1, 0.15) is 38.3 Å². The van der Waals surface area contributed by atoms with Gasteiger partial charge in [-0.2, -0.15) is 4.98 Å². The van der Waals surface area contributed by atoms with Gasteiger partial charge < -0.3 is 10.1 Å². The van der Waals surface area contributed by atoms with Crippen molar-refractivity contribution in [2.24, 2.45) is 5.41 Å². The van der Waals surface area contributed by atoms with Crippen LogP contribution in [-0.2, 0) is 0 Å². The Morgan fingerprint density at radius 1 is 1.35 bits per heavy atom. The number of hydrogen-bond acceptors (Lipinski definition) is 4. The van der Waals surface area contributed by atoms with Gasteiger partial charge in [-0.25, -0.2) is 4.98 Å². The van der Waals surface area contributed by atoms with Crippen LogP contribution >= 0.6 is 0 Å². The zero-order chi connectivity index (χ0) is 12.3. The van der Waals surface area contributed by atoms with Crippen LogP contribution < -0.4 is 10.1 Å². The number of nitrogens with one attached hydrogen (secondary N) is 1. The van der Waals surface area contributed by atoms with E-state index in [-0.39, 0.29) is 0 Å². The van der Waals surface area contributed by atoms with Gasteiger partial charge in [-0.05, 0) is 25.2 Å². The van der Waals surface area contributed by atoms with Crippen molar-refractivity contribution in [1.82, 2.24) is 9.97 Å². The minimum atomic E-state index is 0.403. The minimum absolute atomic E-state index is 0.403. The van der Waals surface area contributed by atoms with Gasteiger partial charge in [0.25, 0.3) is 0 Å². The van der Waals surface area contributed by atoms with E-state index >= 15 is 0 Å². The van der Waals surface area contributed by atoms with E-state index in [1.54, 1.807) is 7.11 Å². The van der Waals surface area contributed by atoms with Crippen molar-refractivity contribution >= 4 is 5.95 Å². The molecule has 4 nitrogen and oxygen atoms in total. The molecule has 0 saturated heterocycles. The molecule has 0 bridgehead atoms. The quantitative estimate of drug-likeness (QED) is 0.871. The van der Waals surface area contributed by atoms with Crippen molar-refractivity contribution in [2.45, 2.75) is 39.5 Å². The standard InChI is InChI=1S/C13H21N3O/c1-10-8-11(17-3)16-12(15-10)14-9-13(2)6-4-5-7-13/h8H,4-7,9H2,1-3H3,(H,14,15,16). The summed E-state index contributed by atoms with van der Waals surface area (Å²) in [4.78, 5) is 8.67. The van der Waals surface area contributed by atoms with Crippen LogP contribution in [0.3, 0.4) is 0 Å². The second-order valence-corrected chi connectivity index (χ2v) is 5.25. The Morgan fingerprint density at radius 3 is 2.71 bits per heavy atom. The Balaban J connectivity index is 2.00. The van der Waals surface area contributed by atoms with Gasteiger partial charge in [-0.1, -0.05) is 19.8 Å². The molecule has 1 heterocycles. The molecule has 0 aliphatic heterocycles. The molecule has 94 valence electrons. The van der Waals surface area contributed by atoms with Gasteiger partial charge in [-0.3, -0.25) is 0 Å². The van der Waals surface area contributed by atoms with E-state index in [4.69, 9.17) is 4.74 Å². The SMILES string of the molecule is COc1cc(C)nc(NCC2(C)CCCC2)n1. The molecular formula is C13H21N3O. The first-order valence-corrected chi connectivity index (χ1v) is 6.25. The number of ether oxygens (including phenoxy) is 1. The molecule has 0 radical (unpaired) electrons. The Kier molecular flexibility index (Phi) is 3.50. The summed E-state index contributed by atoms with van der Waals surface area (Å²) in [6.07, 6.45) is 5.28. The largest absolute Gasteiger partial charge is 0.481 e. The van der Waals surface area contributed by atoms with Crippen molar-refractivity contribution in [3.8, 4) is 5.88 Å². The highest BCUT2D eigenvalue weighted by atomic mass is 16.5. The average molecular weight is 235 g/mol. The van der Waals surface area contributed by atoms with E-state index < -0.39 is 0 Å². The summed E-state index contributed by atoms with van der Waals surface area (Å²) in [6.45, 7) is 5.23. The van der Waals surface area contributed by atoms with E-state index in [0.29, 0.717) is 17.2 Å². The van der Waals surface area contributed by atoms with Gasteiger partial charge in [0, 0.05) is 18.3 Å². The summed E-state index contributed by atoms with van der Waals surface area (Å²) in [5.41, 5.74) is 1.33. The van der Waals surface area contributed by atoms with Crippen LogP contribution in [0.4, 0.5) is 5.95 Å². The Labute approximate surface area is 103 Å². The maximum atomic E-state index is 5.14. The molecule has 4 heteroatoms. The van der Waals surface area contributed by atoms with Crippen LogP contribution in [0.2, 0.25) is 0 Å². The third-order valence-corrected chi connectivity index (χ3v) is 3.52. The molecule has 0 atom stereocenters. The van der Waals surface area contributed by atoms with Gasteiger partial charge in [-0.15, -0.1) is 0 Å². The molecule has 0 amide bonds. The van der Waals surface area contributed by atoms with E-state index in [9.17, 15) is 0 Å². The van der Waals surface area contributed by atoms with Gasteiger partial charge in [0.1, 0.15) is 0 Å². The average Bonchev–Trinajstić information content (AvgIpc) is 2.73. The topological polar surface area (TPSA) is 47.0 Å². The van der Waals surface area contributed by atoms with E-state index in [1.807, 2.05) is 13.0 Å². The smallest absolute Gasteiger partial charge is 0.226 e. The number of hydrogen-bond donors (Lipinski definition) is 1. The Hall–Kier alpha value is -1.32. The van der Waals surface area contributed by atoms with Crippen molar-refractivity contribution in [1.29, 1.82) is 0 Å². The Bertz CT molecular complexity index is 386. The summed E-state index contributed by atoms with van der Waals surface area (Å²) in [7, 11) is 1.63. The molecule has 1 saturated carbocycles. The summed E-state index contributed by atoms with van der Waals surface area (Å²) >= 11 is 0. The molecule has 0 unspecified atom stereocenters. The lowest BCUT2D eigenvalue weighted by Gasteiger charge is -2.23. The second kappa shape index (κ2) is 4.90. The summed E-state index contributed by atoms with van der Waals surface area (Å²) in [5, 5.41) is 3.34. The highest BCUT2D eigenvalue weighted by Gasteiger charge is 2.28. The van der Waals surface area contributed by atoms with Crippen molar-refractivity contribution < 1.29 is 4.74 Å². The maximum absolute atomic E-state index is 5.14. The van der Waals surface area contributed by atoms with Crippen LogP contribution in [-0.4, -0.2) is 23.6 Å². The van der Waals surface area contributed by atoms with E-state index in [1.165, 1.54) is 25.7 Å². The lowest BCUT2D eigenvalue weighted by Crippen LogP contribution is -2.24. The Morgan fingerprint density at radius 2 is 2.06 bits per heavy atom. The maximum Gasteiger partial charge on any atom is 0.226 e. The molecule has 1 aromatic rings. The third kappa shape index (κ3) is 3.08. The van der Waals surface area contributed by atoms with Crippen LogP contribution in [0.25, 0.3) is 0 Å². The molecule has 17 heavy (non-hydrogen) atoms. The zero-order valence-electron chi connectivity index (χ0n) is 10.9. The molecular weight excluding hydrogens is 214 g/mol. The molecule has 0 aromatic carbocycles. The normalized spacial score (nSPS) is 18.1. The molecule has 0 spiro atoms. The first-order chi connectivity index (χ1) is 8.11. The number of methoxy groups -OCH3 is 1. The molecule has 1 aromatic heterocycles. The fraction of sp³-hybridized carbons (Fsp3) is 0.692. The van der Waals surface area contributed by atoms with Crippen LogP contribution in [0.15, 0.2) is 6.07 Å². The lowest BCUT2D eigenvalue weighted by atomic mass is 9.89. The van der Waals surface area contributed by atoms with Gasteiger partial charge >= 0.3 is 0 Å². The number of nitrogens with zero attached hydrogens (tertiary/aromatic N) is 2. The first kappa shape index (κ1) is 12.1. The fourth-order valence-corrected chi connectivity index (χ4v) is 2.42. The van der Waals surface area contributed by atoms with Gasteiger partial charge in [0.15, 0.2) is 0 Å². The lowest BCUT2D eigenvalue weighted by molar-refractivity contribution is 0.360. The summed E-state index contributed by atoms with van der Waals surface area (Å²) in [5.74, 6) is 1.30. The summed E-state index contributed by atoms with van der Waals surface area (Å²) < 4.78 is 5.14. The number of rotatable bonds is 4. The zero-order valence-corrected chi connectivity index (χ0v) is 10.9. The fourth-order valence-electron chi connectivity index (χ4n) is 2.42. The van der Waals surface area contributed by atoms with Crippen molar-refractivity contribution in [2.75, 3.05) is 19.0 Å². The first-order valence-electron chi connectivity index (χ1n) is 6.25. The minimum Gasteiger partial charge on any atom is -0.481 e. The van der Waals surface area contributed by atoms with E-state index in [0.717, 1.165) is 12.2 Å². The highest BCUT2D eigenvalue weighted by molar-refractivity contribution is 5.30. The van der Waals surface area contributed by atoms with Crippen molar-refractivity contribution in [3.05, 3.63) is 11.8 Å². The number of aromatic nitrogens is 2. The number of aryl methyl sites for hydroxylation is 1. The predicted molar refractivity (Wildman–Crippen MR) is 68.4 cm³/mol. The monoisotopic (exact) mass is 235 g/mol. The molecule has 1 aliphatic rings. The summed E-state index contributed by atoms with van der Waals surface area (Å²) in [6, 6.07) is 1.84. The van der Waals surface area contributed by atoms with Crippen molar-refractivity contribution in [3.63, 3.8) is 0 Å². The molecule has 2 rings (SSSR count). The molecule has 1 aliphatic carbocycles. The molecule has 1 N–H and O–H groups in total. The second-order valence-electron chi connectivity index (χ2n) is 5.25. The van der Waals surface area contributed by atoms with E-state index in [2.05, 4.69) is 22.2 Å². The predicted octanol–water partition coefficient (Wildman–Crippen LogP) is 2.79. The molecule has 1 fully saturated rings. The van der Waals surface area contributed by atoms with Crippen LogP contribution in [0, 0.1) is 12.3 Å².